The van der Waals surface area contributed by atoms with Crippen molar-refractivity contribution in [3.05, 3.63) is 0 Å². The van der Waals surface area contributed by atoms with Crippen molar-refractivity contribution in [1.82, 2.24) is 5.32 Å². The van der Waals surface area contributed by atoms with Gasteiger partial charge in [-0.2, -0.15) is 0 Å². The second kappa shape index (κ2) is 5.13. The van der Waals surface area contributed by atoms with Gasteiger partial charge in [-0.3, -0.25) is 0 Å². The molecule has 0 radical (unpaired) electrons. The molecule has 0 spiro atoms. The summed E-state index contributed by atoms with van der Waals surface area (Å²) in [5, 5.41) is 3.61. The van der Waals surface area contributed by atoms with E-state index in [9.17, 15) is 0 Å². The second-order valence-corrected chi connectivity index (χ2v) is 5.13. The summed E-state index contributed by atoms with van der Waals surface area (Å²) < 4.78 is 5.39. The predicted molar refractivity (Wildman–Crippen MR) is 60.5 cm³/mol. The Balaban J connectivity index is 2.20. The van der Waals surface area contributed by atoms with E-state index in [1.807, 2.05) is 0 Å². The lowest BCUT2D eigenvalue weighted by Gasteiger charge is -2.25. The first kappa shape index (κ1) is 12.0. The van der Waals surface area contributed by atoms with Gasteiger partial charge in [0.1, 0.15) is 0 Å². The summed E-state index contributed by atoms with van der Waals surface area (Å²) in [5.41, 5.74) is -0.0235. The first-order chi connectivity index (χ1) is 6.57. The van der Waals surface area contributed by atoms with Crippen LogP contribution in [0.3, 0.4) is 0 Å². The largest absolute Gasteiger partial charge is 0.377 e. The molecule has 0 aromatic rings. The number of rotatable bonds is 5. The van der Waals surface area contributed by atoms with Crippen LogP contribution < -0.4 is 5.32 Å². The van der Waals surface area contributed by atoms with Gasteiger partial charge in [0.25, 0.3) is 0 Å². The van der Waals surface area contributed by atoms with Crippen molar-refractivity contribution in [2.24, 2.45) is 5.92 Å². The molecule has 0 bridgehead atoms. The Morgan fingerprint density at radius 3 is 2.57 bits per heavy atom. The van der Waals surface area contributed by atoms with Crippen molar-refractivity contribution in [3.63, 3.8) is 0 Å². The Labute approximate surface area is 88.4 Å². The van der Waals surface area contributed by atoms with E-state index in [1.54, 1.807) is 7.11 Å². The number of methoxy groups -OCH3 is 1. The standard InChI is InChI=1S/C12H25NO/c1-5-10-6-7-11(8-10)13-9-12(2,3)14-4/h10-11,13H,5-9H2,1-4H3. The third-order valence-corrected chi connectivity index (χ3v) is 3.49. The first-order valence-corrected chi connectivity index (χ1v) is 5.86. The van der Waals surface area contributed by atoms with E-state index in [0.29, 0.717) is 0 Å². The SMILES string of the molecule is CCC1CCC(NCC(C)(C)OC)C1. The van der Waals surface area contributed by atoms with Gasteiger partial charge in [0.05, 0.1) is 5.60 Å². The van der Waals surface area contributed by atoms with Gasteiger partial charge in [0.15, 0.2) is 0 Å². The van der Waals surface area contributed by atoms with Gasteiger partial charge >= 0.3 is 0 Å². The van der Waals surface area contributed by atoms with Crippen LogP contribution in [-0.2, 0) is 4.74 Å². The molecule has 2 nitrogen and oxygen atoms in total. The zero-order chi connectivity index (χ0) is 10.6. The molecular formula is C12H25NO. The highest BCUT2D eigenvalue weighted by Crippen LogP contribution is 2.28. The number of hydrogen-bond acceptors (Lipinski definition) is 2. The second-order valence-electron chi connectivity index (χ2n) is 5.13. The van der Waals surface area contributed by atoms with Crippen LogP contribution in [0.15, 0.2) is 0 Å². The van der Waals surface area contributed by atoms with E-state index in [-0.39, 0.29) is 5.60 Å². The molecule has 0 aromatic carbocycles. The molecule has 1 fully saturated rings. The highest BCUT2D eigenvalue weighted by molar-refractivity contribution is 4.82. The quantitative estimate of drug-likeness (QED) is 0.735. The van der Waals surface area contributed by atoms with E-state index in [2.05, 4.69) is 26.1 Å². The Bertz CT molecular complexity index is 168. The smallest absolute Gasteiger partial charge is 0.0746 e. The van der Waals surface area contributed by atoms with Gasteiger partial charge in [-0.05, 0) is 39.0 Å². The molecule has 2 heteroatoms. The van der Waals surface area contributed by atoms with Gasteiger partial charge in [-0.1, -0.05) is 13.3 Å². The van der Waals surface area contributed by atoms with Gasteiger partial charge < -0.3 is 10.1 Å². The van der Waals surface area contributed by atoms with Crippen molar-refractivity contribution in [3.8, 4) is 0 Å². The predicted octanol–water partition coefficient (Wildman–Crippen LogP) is 2.58. The molecule has 2 atom stereocenters. The van der Waals surface area contributed by atoms with Crippen molar-refractivity contribution in [2.45, 2.75) is 58.1 Å². The average Bonchev–Trinajstić information content (AvgIpc) is 2.63. The number of nitrogens with one attached hydrogen (secondary N) is 1. The highest BCUT2D eigenvalue weighted by Gasteiger charge is 2.25. The molecule has 1 saturated carbocycles. The Kier molecular flexibility index (Phi) is 4.39. The maximum absolute atomic E-state index is 5.39. The minimum Gasteiger partial charge on any atom is -0.377 e. The van der Waals surface area contributed by atoms with Crippen molar-refractivity contribution in [1.29, 1.82) is 0 Å². The lowest BCUT2D eigenvalue weighted by Crippen LogP contribution is -2.41. The zero-order valence-corrected chi connectivity index (χ0v) is 10.1. The van der Waals surface area contributed by atoms with Gasteiger partial charge in [-0.25, -0.2) is 0 Å². The molecule has 0 amide bonds. The molecule has 1 aliphatic carbocycles. The monoisotopic (exact) mass is 199 g/mol. The molecule has 1 N–H and O–H groups in total. The molecule has 0 aliphatic heterocycles. The molecule has 0 saturated heterocycles. The normalized spacial score (nSPS) is 28.3. The minimum atomic E-state index is -0.0235. The van der Waals surface area contributed by atoms with E-state index in [4.69, 9.17) is 4.74 Å². The molecule has 2 unspecified atom stereocenters. The maximum atomic E-state index is 5.39. The summed E-state index contributed by atoms with van der Waals surface area (Å²) in [6.45, 7) is 7.52. The van der Waals surface area contributed by atoms with E-state index in [0.717, 1.165) is 18.5 Å². The summed E-state index contributed by atoms with van der Waals surface area (Å²) in [6.07, 6.45) is 5.45. The molecule has 0 aromatic heterocycles. The Morgan fingerprint density at radius 1 is 1.36 bits per heavy atom. The molecule has 0 heterocycles. The number of ether oxygens (including phenoxy) is 1. The Morgan fingerprint density at radius 2 is 2.07 bits per heavy atom. The van der Waals surface area contributed by atoms with Crippen molar-refractivity contribution < 1.29 is 4.74 Å². The molecule has 1 rings (SSSR count). The van der Waals surface area contributed by atoms with E-state index < -0.39 is 0 Å². The van der Waals surface area contributed by atoms with Crippen LogP contribution in [0, 0.1) is 5.92 Å². The van der Waals surface area contributed by atoms with Gasteiger partial charge in [0, 0.05) is 19.7 Å². The summed E-state index contributed by atoms with van der Waals surface area (Å²) >= 11 is 0. The summed E-state index contributed by atoms with van der Waals surface area (Å²) in [5.74, 6) is 0.957. The van der Waals surface area contributed by atoms with E-state index >= 15 is 0 Å². The third kappa shape index (κ3) is 3.58. The average molecular weight is 199 g/mol. The van der Waals surface area contributed by atoms with Crippen molar-refractivity contribution >= 4 is 0 Å². The van der Waals surface area contributed by atoms with Crippen LogP contribution in [0.5, 0.6) is 0 Å². The summed E-state index contributed by atoms with van der Waals surface area (Å²) in [4.78, 5) is 0. The van der Waals surface area contributed by atoms with Crippen LogP contribution in [0.1, 0.15) is 46.5 Å². The molecular weight excluding hydrogens is 174 g/mol. The van der Waals surface area contributed by atoms with E-state index in [1.165, 1.54) is 25.7 Å². The fourth-order valence-corrected chi connectivity index (χ4v) is 2.09. The number of hydrogen-bond donors (Lipinski definition) is 1. The molecule has 1 aliphatic rings. The van der Waals surface area contributed by atoms with Crippen molar-refractivity contribution in [2.75, 3.05) is 13.7 Å². The van der Waals surface area contributed by atoms with Gasteiger partial charge in [0.2, 0.25) is 0 Å². The lowest BCUT2D eigenvalue weighted by atomic mass is 10.1. The van der Waals surface area contributed by atoms with Crippen LogP contribution in [0.4, 0.5) is 0 Å². The highest BCUT2D eigenvalue weighted by atomic mass is 16.5. The maximum Gasteiger partial charge on any atom is 0.0746 e. The Hall–Kier alpha value is -0.0800. The fraction of sp³-hybridized carbons (Fsp3) is 1.00. The summed E-state index contributed by atoms with van der Waals surface area (Å²) in [7, 11) is 1.78. The first-order valence-electron chi connectivity index (χ1n) is 5.86. The molecule has 14 heavy (non-hydrogen) atoms. The third-order valence-electron chi connectivity index (χ3n) is 3.49. The van der Waals surface area contributed by atoms with Crippen LogP contribution >= 0.6 is 0 Å². The fourth-order valence-electron chi connectivity index (χ4n) is 2.09. The minimum absolute atomic E-state index is 0.0235. The van der Waals surface area contributed by atoms with Crippen LogP contribution in [-0.4, -0.2) is 25.3 Å². The zero-order valence-electron chi connectivity index (χ0n) is 10.1. The van der Waals surface area contributed by atoms with Crippen LogP contribution in [0.25, 0.3) is 0 Å². The molecule has 84 valence electrons. The lowest BCUT2D eigenvalue weighted by molar-refractivity contribution is 0.0211. The van der Waals surface area contributed by atoms with Crippen LogP contribution in [0.2, 0.25) is 0 Å². The summed E-state index contributed by atoms with van der Waals surface area (Å²) in [6, 6.07) is 0.731. The van der Waals surface area contributed by atoms with Gasteiger partial charge in [-0.15, -0.1) is 0 Å². The topological polar surface area (TPSA) is 21.3 Å².